The molecule has 0 unspecified atom stereocenters. The summed E-state index contributed by atoms with van der Waals surface area (Å²) in [5, 5.41) is 2.98. The van der Waals surface area contributed by atoms with Crippen molar-refractivity contribution in [2.24, 2.45) is 0 Å². The van der Waals surface area contributed by atoms with Crippen LogP contribution in [0.4, 0.5) is 0 Å². The lowest BCUT2D eigenvalue weighted by Gasteiger charge is -2.30. The number of aryl methyl sites for hydroxylation is 1. The van der Waals surface area contributed by atoms with Gasteiger partial charge in [-0.15, -0.1) is 0 Å². The van der Waals surface area contributed by atoms with Gasteiger partial charge in [0.1, 0.15) is 0 Å². The highest BCUT2D eigenvalue weighted by atomic mass is 79.9. The molecule has 1 aromatic rings. The topological polar surface area (TPSA) is 66.5 Å². The molecule has 1 aliphatic heterocycles. The van der Waals surface area contributed by atoms with Crippen LogP contribution < -0.4 is 5.32 Å². The summed E-state index contributed by atoms with van der Waals surface area (Å²) in [5.74, 6) is -0.122. The number of carbonyl (C=O) groups excluding carboxylic acids is 1. The molecule has 1 saturated heterocycles. The third-order valence-electron chi connectivity index (χ3n) is 3.62. The number of hydrogen-bond acceptors (Lipinski definition) is 3. The third kappa shape index (κ3) is 4.28. The molecule has 0 bridgehead atoms. The van der Waals surface area contributed by atoms with Crippen molar-refractivity contribution in [2.45, 2.75) is 25.8 Å². The first-order valence-corrected chi connectivity index (χ1v) is 9.43. The minimum absolute atomic E-state index is 0.0166. The van der Waals surface area contributed by atoms with Crippen LogP contribution in [0.15, 0.2) is 22.7 Å². The molecule has 0 aromatic heterocycles. The molecule has 116 valence electrons. The van der Waals surface area contributed by atoms with Crippen molar-refractivity contribution < 1.29 is 13.2 Å². The van der Waals surface area contributed by atoms with Crippen LogP contribution in [0.3, 0.4) is 0 Å². The summed E-state index contributed by atoms with van der Waals surface area (Å²) < 4.78 is 25.1. The maximum Gasteiger partial charge on any atom is 0.252 e. The normalized spacial score (nSPS) is 17.7. The molecule has 1 amide bonds. The Morgan fingerprint density at radius 2 is 1.95 bits per heavy atom. The van der Waals surface area contributed by atoms with Crippen molar-refractivity contribution in [3.63, 3.8) is 0 Å². The summed E-state index contributed by atoms with van der Waals surface area (Å²) in [6, 6.07) is 5.65. The van der Waals surface area contributed by atoms with E-state index in [0.717, 1.165) is 10.0 Å². The van der Waals surface area contributed by atoms with Crippen molar-refractivity contribution in [3.8, 4) is 0 Å². The first-order chi connectivity index (χ1) is 9.77. The number of benzene rings is 1. The zero-order valence-electron chi connectivity index (χ0n) is 12.1. The average molecular weight is 375 g/mol. The Labute approximate surface area is 133 Å². The molecule has 5 nitrogen and oxygen atoms in total. The summed E-state index contributed by atoms with van der Waals surface area (Å²) >= 11 is 3.38. The number of hydrogen-bond donors (Lipinski definition) is 1. The lowest BCUT2D eigenvalue weighted by atomic mass is 10.1. The number of amides is 1. The number of piperidine rings is 1. The number of halogens is 1. The first-order valence-electron chi connectivity index (χ1n) is 6.79. The Kier molecular flexibility index (Phi) is 5.06. The van der Waals surface area contributed by atoms with Crippen LogP contribution in [-0.4, -0.2) is 44.0 Å². The minimum Gasteiger partial charge on any atom is -0.349 e. The van der Waals surface area contributed by atoms with Crippen LogP contribution in [0.1, 0.15) is 28.8 Å². The molecule has 1 fully saturated rings. The Morgan fingerprint density at radius 1 is 1.33 bits per heavy atom. The van der Waals surface area contributed by atoms with Crippen LogP contribution in [0.25, 0.3) is 0 Å². The molecule has 7 heteroatoms. The fourth-order valence-electron chi connectivity index (χ4n) is 2.41. The molecule has 1 heterocycles. The predicted octanol–water partition coefficient (Wildman–Crippen LogP) is 1.91. The molecular formula is C14H19BrN2O3S. The third-order valence-corrected chi connectivity index (χ3v) is 5.62. The van der Waals surface area contributed by atoms with E-state index in [0.29, 0.717) is 31.5 Å². The van der Waals surface area contributed by atoms with Crippen LogP contribution in [0.5, 0.6) is 0 Å². The van der Waals surface area contributed by atoms with Crippen molar-refractivity contribution in [2.75, 3.05) is 19.3 Å². The van der Waals surface area contributed by atoms with Crippen LogP contribution in [-0.2, 0) is 10.0 Å². The summed E-state index contributed by atoms with van der Waals surface area (Å²) in [6.07, 6.45) is 2.50. The lowest BCUT2D eigenvalue weighted by Crippen LogP contribution is -2.46. The van der Waals surface area contributed by atoms with E-state index in [1.807, 2.05) is 25.1 Å². The van der Waals surface area contributed by atoms with E-state index in [1.165, 1.54) is 10.6 Å². The van der Waals surface area contributed by atoms with Gasteiger partial charge in [0.05, 0.1) is 11.8 Å². The zero-order valence-corrected chi connectivity index (χ0v) is 14.5. The second-order valence-corrected chi connectivity index (χ2v) is 8.23. The van der Waals surface area contributed by atoms with Crippen molar-refractivity contribution in [3.05, 3.63) is 33.8 Å². The number of carbonyl (C=O) groups is 1. The second kappa shape index (κ2) is 6.46. The molecule has 1 N–H and O–H groups in total. The molecule has 0 saturated carbocycles. The summed E-state index contributed by atoms with van der Waals surface area (Å²) in [5.41, 5.74) is 1.63. The van der Waals surface area contributed by atoms with Crippen molar-refractivity contribution in [1.29, 1.82) is 0 Å². The second-order valence-electron chi connectivity index (χ2n) is 5.39. The molecule has 0 aliphatic carbocycles. The number of rotatable bonds is 3. The fraction of sp³-hybridized carbons (Fsp3) is 0.500. The summed E-state index contributed by atoms with van der Waals surface area (Å²) in [6.45, 7) is 2.85. The van der Waals surface area contributed by atoms with Crippen LogP contribution >= 0.6 is 15.9 Å². The van der Waals surface area contributed by atoms with Gasteiger partial charge < -0.3 is 5.32 Å². The first kappa shape index (κ1) is 16.5. The van der Waals surface area contributed by atoms with Gasteiger partial charge in [-0.3, -0.25) is 4.79 Å². The molecule has 1 aromatic carbocycles. The van der Waals surface area contributed by atoms with Crippen molar-refractivity contribution >= 4 is 31.9 Å². The van der Waals surface area contributed by atoms with Crippen molar-refractivity contribution in [1.82, 2.24) is 9.62 Å². The Balaban J connectivity index is 1.97. The molecule has 0 atom stereocenters. The monoisotopic (exact) mass is 374 g/mol. The van der Waals surface area contributed by atoms with Crippen LogP contribution in [0, 0.1) is 6.92 Å². The molecule has 0 spiro atoms. The van der Waals surface area contributed by atoms with E-state index in [-0.39, 0.29) is 11.9 Å². The number of sulfonamides is 1. The van der Waals surface area contributed by atoms with Gasteiger partial charge >= 0.3 is 0 Å². The maximum absolute atomic E-state index is 12.3. The zero-order chi connectivity index (χ0) is 15.6. The standard InChI is InChI=1S/C14H19BrN2O3S/c1-10-3-4-13(15)12(9-10)14(18)16-11-5-7-17(8-6-11)21(2,19)20/h3-4,9,11H,5-8H2,1-2H3,(H,16,18). The average Bonchev–Trinajstić information content (AvgIpc) is 2.41. The largest absolute Gasteiger partial charge is 0.349 e. The quantitative estimate of drug-likeness (QED) is 0.878. The highest BCUT2D eigenvalue weighted by Crippen LogP contribution is 2.19. The Bertz CT molecular complexity index is 638. The lowest BCUT2D eigenvalue weighted by molar-refractivity contribution is 0.0923. The number of nitrogens with zero attached hydrogens (tertiary/aromatic N) is 1. The molecule has 21 heavy (non-hydrogen) atoms. The summed E-state index contributed by atoms with van der Waals surface area (Å²) in [4.78, 5) is 12.3. The SMILES string of the molecule is Cc1ccc(Br)c(C(=O)NC2CCN(S(C)(=O)=O)CC2)c1. The highest BCUT2D eigenvalue weighted by Gasteiger charge is 2.26. The predicted molar refractivity (Wildman–Crippen MR) is 85.8 cm³/mol. The van der Waals surface area contributed by atoms with E-state index < -0.39 is 10.0 Å². The van der Waals surface area contributed by atoms with Gasteiger partial charge in [-0.1, -0.05) is 11.6 Å². The fourth-order valence-corrected chi connectivity index (χ4v) is 3.71. The van der Waals surface area contributed by atoms with E-state index in [9.17, 15) is 13.2 Å². The maximum atomic E-state index is 12.3. The van der Waals surface area contributed by atoms with Gasteiger partial charge in [0.2, 0.25) is 10.0 Å². The Hall–Kier alpha value is -0.920. The van der Waals surface area contributed by atoms with Gasteiger partial charge in [0.25, 0.3) is 5.91 Å². The van der Waals surface area contributed by atoms with Gasteiger partial charge in [0.15, 0.2) is 0 Å². The van der Waals surface area contributed by atoms with Gasteiger partial charge in [-0.2, -0.15) is 0 Å². The molecule has 2 rings (SSSR count). The minimum atomic E-state index is -3.13. The van der Waals surface area contributed by atoms with E-state index in [1.54, 1.807) is 0 Å². The Morgan fingerprint density at radius 3 is 2.52 bits per heavy atom. The van der Waals surface area contributed by atoms with E-state index in [4.69, 9.17) is 0 Å². The molecule has 0 radical (unpaired) electrons. The molecule has 1 aliphatic rings. The van der Waals surface area contributed by atoms with E-state index >= 15 is 0 Å². The highest BCUT2D eigenvalue weighted by molar-refractivity contribution is 9.10. The van der Waals surface area contributed by atoms with Crippen LogP contribution in [0.2, 0.25) is 0 Å². The van der Waals surface area contributed by atoms with Gasteiger partial charge in [-0.25, -0.2) is 12.7 Å². The smallest absolute Gasteiger partial charge is 0.252 e. The van der Waals surface area contributed by atoms with E-state index in [2.05, 4.69) is 21.2 Å². The summed E-state index contributed by atoms with van der Waals surface area (Å²) in [7, 11) is -3.13. The van der Waals surface area contributed by atoms with Gasteiger partial charge in [0, 0.05) is 23.6 Å². The molecular weight excluding hydrogens is 356 g/mol. The number of nitrogens with one attached hydrogen (secondary N) is 1. The van der Waals surface area contributed by atoms with Gasteiger partial charge in [-0.05, 0) is 47.8 Å².